The van der Waals surface area contributed by atoms with E-state index in [1.165, 1.54) is 109 Å². The molecule has 1 aliphatic rings. The van der Waals surface area contributed by atoms with Gasteiger partial charge in [0.05, 0.1) is 0 Å². The van der Waals surface area contributed by atoms with Crippen molar-refractivity contribution in [3.63, 3.8) is 0 Å². The molecule has 0 aromatic rings. The van der Waals surface area contributed by atoms with Crippen molar-refractivity contribution in [2.45, 2.75) is 123 Å². The molecule has 1 rings (SSSR count). The first kappa shape index (κ1) is 22.4. The van der Waals surface area contributed by atoms with Crippen molar-refractivity contribution in [2.75, 3.05) is 13.1 Å². The Balaban J connectivity index is 2.32. The van der Waals surface area contributed by atoms with Gasteiger partial charge in [-0.25, -0.2) is 0 Å². The fourth-order valence-electron chi connectivity index (χ4n) is 3.89. The Labute approximate surface area is 159 Å². The molecule has 1 atom stereocenters. The van der Waals surface area contributed by atoms with Gasteiger partial charge < -0.3 is 9.80 Å². The first-order valence-electron chi connectivity index (χ1n) is 11.5. The molecule has 0 aromatic heterocycles. The fourth-order valence-corrected chi connectivity index (χ4v) is 3.89. The summed E-state index contributed by atoms with van der Waals surface area (Å²) in [7, 11) is 0. The van der Waals surface area contributed by atoms with Crippen LogP contribution in [0.25, 0.3) is 0 Å². The van der Waals surface area contributed by atoms with Gasteiger partial charge in [0.2, 0.25) is 0 Å². The summed E-state index contributed by atoms with van der Waals surface area (Å²) in [5.74, 6) is 0. The van der Waals surface area contributed by atoms with Crippen LogP contribution in [0, 0.1) is 0 Å². The molecule has 0 N–H and O–H groups in total. The zero-order chi connectivity index (χ0) is 18.2. The molecular formula is C23H46N2. The quantitative estimate of drug-likeness (QED) is 0.254. The molecule has 148 valence electrons. The summed E-state index contributed by atoms with van der Waals surface area (Å²) >= 11 is 0. The standard InChI is InChI=1S/C23H46N2/c1-4-7-10-13-14-17-20-25-22-21-24(19-16-12-9-6-3)23(25)18-15-11-8-5-2/h21-23H,4-20H2,1-3H3. The second kappa shape index (κ2) is 15.6. The number of hydrogen-bond donors (Lipinski definition) is 0. The van der Waals surface area contributed by atoms with E-state index in [1.807, 2.05) is 0 Å². The third-order valence-electron chi connectivity index (χ3n) is 5.57. The lowest BCUT2D eigenvalue weighted by Gasteiger charge is -2.33. The van der Waals surface area contributed by atoms with E-state index in [9.17, 15) is 0 Å². The molecule has 0 saturated heterocycles. The SMILES string of the molecule is CCCCCCCCN1C=CN(CCCCCC)C1CCCCCC. The average Bonchev–Trinajstić information content (AvgIpc) is 3.00. The van der Waals surface area contributed by atoms with Crippen LogP contribution in [0.5, 0.6) is 0 Å². The van der Waals surface area contributed by atoms with Crippen molar-refractivity contribution < 1.29 is 0 Å². The highest BCUT2D eigenvalue weighted by atomic mass is 15.4. The van der Waals surface area contributed by atoms with Crippen LogP contribution in [0.2, 0.25) is 0 Å². The average molecular weight is 351 g/mol. The normalized spacial score (nSPS) is 17.0. The third kappa shape index (κ3) is 10.2. The third-order valence-corrected chi connectivity index (χ3v) is 5.57. The maximum Gasteiger partial charge on any atom is 0.101 e. The molecular weight excluding hydrogens is 304 g/mol. The van der Waals surface area contributed by atoms with Gasteiger partial charge in [0, 0.05) is 25.5 Å². The Morgan fingerprint density at radius 1 is 0.520 bits per heavy atom. The molecule has 1 aliphatic heterocycles. The molecule has 2 nitrogen and oxygen atoms in total. The van der Waals surface area contributed by atoms with Crippen molar-refractivity contribution in [3.05, 3.63) is 12.4 Å². The summed E-state index contributed by atoms with van der Waals surface area (Å²) < 4.78 is 0. The topological polar surface area (TPSA) is 6.48 Å². The number of rotatable bonds is 17. The van der Waals surface area contributed by atoms with Gasteiger partial charge in [-0.1, -0.05) is 91.4 Å². The molecule has 1 heterocycles. The highest BCUT2D eigenvalue weighted by Gasteiger charge is 2.24. The van der Waals surface area contributed by atoms with Crippen LogP contribution >= 0.6 is 0 Å². The van der Waals surface area contributed by atoms with Gasteiger partial charge in [-0.15, -0.1) is 0 Å². The van der Waals surface area contributed by atoms with E-state index in [0.717, 1.165) is 0 Å². The smallest absolute Gasteiger partial charge is 0.101 e. The first-order valence-corrected chi connectivity index (χ1v) is 11.5. The van der Waals surface area contributed by atoms with E-state index in [-0.39, 0.29) is 0 Å². The van der Waals surface area contributed by atoms with Crippen LogP contribution < -0.4 is 0 Å². The maximum atomic E-state index is 2.64. The number of unbranched alkanes of at least 4 members (excludes halogenated alkanes) is 11. The Morgan fingerprint density at radius 2 is 0.920 bits per heavy atom. The minimum atomic E-state index is 0.647. The molecule has 0 radical (unpaired) electrons. The Kier molecular flexibility index (Phi) is 14.0. The second-order valence-corrected chi connectivity index (χ2v) is 7.93. The Morgan fingerprint density at radius 3 is 1.44 bits per heavy atom. The van der Waals surface area contributed by atoms with Crippen LogP contribution in [-0.2, 0) is 0 Å². The van der Waals surface area contributed by atoms with Crippen LogP contribution in [-0.4, -0.2) is 29.1 Å². The summed E-state index contributed by atoms with van der Waals surface area (Å²) in [6.45, 7) is 9.41. The summed E-state index contributed by atoms with van der Waals surface area (Å²) in [5.41, 5.74) is 0. The largest absolute Gasteiger partial charge is 0.356 e. The van der Waals surface area contributed by atoms with Gasteiger partial charge in [-0.05, 0) is 25.7 Å². The van der Waals surface area contributed by atoms with E-state index in [2.05, 4.69) is 43.0 Å². The van der Waals surface area contributed by atoms with E-state index in [4.69, 9.17) is 0 Å². The molecule has 0 saturated carbocycles. The molecule has 0 aromatic carbocycles. The van der Waals surface area contributed by atoms with Crippen LogP contribution in [0.15, 0.2) is 12.4 Å². The highest BCUT2D eigenvalue weighted by molar-refractivity contribution is 4.96. The number of nitrogens with zero attached hydrogens (tertiary/aromatic N) is 2. The van der Waals surface area contributed by atoms with Crippen LogP contribution in [0.3, 0.4) is 0 Å². The molecule has 0 spiro atoms. The van der Waals surface area contributed by atoms with E-state index in [0.29, 0.717) is 6.17 Å². The lowest BCUT2D eigenvalue weighted by Crippen LogP contribution is -2.39. The minimum Gasteiger partial charge on any atom is -0.356 e. The Bertz CT molecular complexity index is 313. The van der Waals surface area contributed by atoms with Crippen molar-refractivity contribution in [1.82, 2.24) is 9.80 Å². The van der Waals surface area contributed by atoms with Gasteiger partial charge in [-0.2, -0.15) is 0 Å². The zero-order valence-electron chi connectivity index (χ0n) is 17.6. The van der Waals surface area contributed by atoms with Crippen molar-refractivity contribution in [2.24, 2.45) is 0 Å². The predicted molar refractivity (Wildman–Crippen MR) is 113 cm³/mol. The molecule has 0 bridgehead atoms. The summed E-state index contributed by atoms with van der Waals surface area (Å²) in [6, 6.07) is 0. The van der Waals surface area contributed by atoms with Gasteiger partial charge in [0.1, 0.15) is 6.17 Å². The minimum absolute atomic E-state index is 0.647. The second-order valence-electron chi connectivity index (χ2n) is 7.93. The molecule has 25 heavy (non-hydrogen) atoms. The molecule has 1 unspecified atom stereocenters. The summed E-state index contributed by atoms with van der Waals surface area (Å²) in [6.07, 6.45) is 26.1. The molecule has 2 heteroatoms. The van der Waals surface area contributed by atoms with Gasteiger partial charge in [0.15, 0.2) is 0 Å². The van der Waals surface area contributed by atoms with Crippen molar-refractivity contribution in [1.29, 1.82) is 0 Å². The molecule has 0 amide bonds. The van der Waals surface area contributed by atoms with Crippen molar-refractivity contribution >= 4 is 0 Å². The van der Waals surface area contributed by atoms with Crippen LogP contribution in [0.1, 0.15) is 117 Å². The van der Waals surface area contributed by atoms with E-state index in [1.54, 1.807) is 0 Å². The van der Waals surface area contributed by atoms with Crippen LogP contribution in [0.4, 0.5) is 0 Å². The molecule has 0 aliphatic carbocycles. The summed E-state index contributed by atoms with van der Waals surface area (Å²) in [4.78, 5) is 5.28. The van der Waals surface area contributed by atoms with Gasteiger partial charge in [-0.3, -0.25) is 0 Å². The van der Waals surface area contributed by atoms with Gasteiger partial charge in [0.25, 0.3) is 0 Å². The predicted octanol–water partition coefficient (Wildman–Crippen LogP) is 7.31. The lowest BCUT2D eigenvalue weighted by atomic mass is 10.1. The van der Waals surface area contributed by atoms with E-state index >= 15 is 0 Å². The maximum absolute atomic E-state index is 2.64. The van der Waals surface area contributed by atoms with Gasteiger partial charge >= 0.3 is 0 Å². The number of hydrogen-bond acceptors (Lipinski definition) is 2. The van der Waals surface area contributed by atoms with E-state index < -0.39 is 0 Å². The highest BCUT2D eigenvalue weighted by Crippen LogP contribution is 2.23. The Hall–Kier alpha value is -0.660. The first-order chi connectivity index (χ1) is 12.3. The lowest BCUT2D eigenvalue weighted by molar-refractivity contribution is 0.135. The fraction of sp³-hybridized carbons (Fsp3) is 0.913. The molecule has 0 fully saturated rings. The zero-order valence-corrected chi connectivity index (χ0v) is 17.6. The van der Waals surface area contributed by atoms with Crippen molar-refractivity contribution in [3.8, 4) is 0 Å². The summed E-state index contributed by atoms with van der Waals surface area (Å²) in [5, 5.41) is 0. The monoisotopic (exact) mass is 350 g/mol.